The Bertz CT molecular complexity index is 607. The molecular formula is C20H33IN4O3. The Hall–Kier alpha value is -1.39. The number of carbonyl (C=O) groups is 1. The summed E-state index contributed by atoms with van der Waals surface area (Å²) < 4.78 is 11.0. The monoisotopic (exact) mass is 504 g/mol. The van der Waals surface area contributed by atoms with Gasteiger partial charge in [0.25, 0.3) is 5.91 Å². The number of benzene rings is 1. The van der Waals surface area contributed by atoms with E-state index in [-0.39, 0.29) is 29.9 Å². The van der Waals surface area contributed by atoms with Crippen LogP contribution in [0, 0.1) is 5.92 Å². The van der Waals surface area contributed by atoms with Crippen LogP contribution in [0.15, 0.2) is 29.3 Å². The molecule has 8 heteroatoms. The zero-order chi connectivity index (χ0) is 19.3. The van der Waals surface area contributed by atoms with Crippen molar-refractivity contribution in [3.63, 3.8) is 0 Å². The highest BCUT2D eigenvalue weighted by Crippen LogP contribution is 2.12. The van der Waals surface area contributed by atoms with Gasteiger partial charge in [0.2, 0.25) is 0 Å². The summed E-state index contributed by atoms with van der Waals surface area (Å²) in [7, 11) is 1.75. The molecule has 1 aromatic carbocycles. The van der Waals surface area contributed by atoms with Crippen LogP contribution in [0.5, 0.6) is 0 Å². The predicted molar refractivity (Wildman–Crippen MR) is 122 cm³/mol. The van der Waals surface area contributed by atoms with E-state index in [1.54, 1.807) is 7.05 Å². The molecule has 1 saturated heterocycles. The smallest absolute Gasteiger partial charge is 0.251 e. The molecule has 3 N–H and O–H groups in total. The molecule has 0 aliphatic carbocycles. The molecule has 0 spiro atoms. The Labute approximate surface area is 185 Å². The number of halogens is 1. The average Bonchev–Trinajstić information content (AvgIpc) is 3.21. The van der Waals surface area contributed by atoms with Crippen molar-refractivity contribution in [2.75, 3.05) is 46.6 Å². The van der Waals surface area contributed by atoms with Crippen molar-refractivity contribution in [1.29, 1.82) is 0 Å². The Morgan fingerprint density at radius 3 is 2.89 bits per heavy atom. The Kier molecular flexibility index (Phi) is 12.8. The third-order valence-electron chi connectivity index (χ3n) is 4.35. The van der Waals surface area contributed by atoms with E-state index >= 15 is 0 Å². The number of hydrogen-bond acceptors (Lipinski definition) is 4. The molecule has 7 nitrogen and oxygen atoms in total. The highest BCUT2D eigenvalue weighted by Gasteiger charge is 2.15. The number of ether oxygens (including phenoxy) is 2. The van der Waals surface area contributed by atoms with Crippen molar-refractivity contribution < 1.29 is 14.3 Å². The minimum atomic E-state index is -0.0500. The van der Waals surface area contributed by atoms with Crippen LogP contribution in [0.25, 0.3) is 0 Å². The molecule has 28 heavy (non-hydrogen) atoms. The molecule has 1 atom stereocenters. The molecule has 1 amide bonds. The Morgan fingerprint density at radius 2 is 2.18 bits per heavy atom. The fraction of sp³-hybridized carbons (Fsp3) is 0.600. The summed E-state index contributed by atoms with van der Waals surface area (Å²) in [6.07, 6.45) is 2.02. The molecule has 2 rings (SSSR count). The van der Waals surface area contributed by atoms with E-state index in [9.17, 15) is 4.79 Å². The molecule has 1 unspecified atom stereocenters. The van der Waals surface area contributed by atoms with Crippen LogP contribution < -0.4 is 16.0 Å². The molecule has 0 aromatic heterocycles. The first-order valence-corrected chi connectivity index (χ1v) is 9.70. The lowest BCUT2D eigenvalue weighted by atomic mass is 10.1. The van der Waals surface area contributed by atoms with Crippen molar-refractivity contribution in [3.05, 3.63) is 35.4 Å². The lowest BCUT2D eigenvalue weighted by Gasteiger charge is -2.13. The van der Waals surface area contributed by atoms with Crippen LogP contribution >= 0.6 is 24.0 Å². The number of nitrogens with zero attached hydrogens (tertiary/aromatic N) is 1. The van der Waals surface area contributed by atoms with Gasteiger partial charge in [-0.2, -0.15) is 0 Å². The molecule has 0 saturated carbocycles. The molecule has 1 fully saturated rings. The number of hydrogen-bond donors (Lipinski definition) is 3. The molecule has 0 radical (unpaired) electrons. The SMILES string of the molecule is CCNC(=O)c1cccc(CNC(=NC)NCCCOCC2CCOC2)c1.I. The van der Waals surface area contributed by atoms with Crippen molar-refractivity contribution >= 4 is 35.8 Å². The lowest BCUT2D eigenvalue weighted by Crippen LogP contribution is -2.37. The van der Waals surface area contributed by atoms with Crippen LogP contribution in [0.3, 0.4) is 0 Å². The van der Waals surface area contributed by atoms with E-state index in [1.165, 1.54) is 0 Å². The largest absolute Gasteiger partial charge is 0.381 e. The lowest BCUT2D eigenvalue weighted by molar-refractivity contribution is 0.0888. The van der Waals surface area contributed by atoms with Crippen molar-refractivity contribution in [2.24, 2.45) is 10.9 Å². The number of carbonyl (C=O) groups excluding carboxylic acids is 1. The third kappa shape index (κ3) is 9.20. The first kappa shape index (κ1) is 24.6. The second-order valence-electron chi connectivity index (χ2n) is 6.57. The summed E-state index contributed by atoms with van der Waals surface area (Å²) in [5.74, 6) is 1.25. The van der Waals surface area contributed by atoms with Gasteiger partial charge in [-0.1, -0.05) is 12.1 Å². The molecule has 1 heterocycles. The van der Waals surface area contributed by atoms with E-state index < -0.39 is 0 Å². The van der Waals surface area contributed by atoms with Gasteiger partial charge in [0.1, 0.15) is 0 Å². The quantitative estimate of drug-likeness (QED) is 0.197. The van der Waals surface area contributed by atoms with Crippen molar-refractivity contribution in [2.45, 2.75) is 26.3 Å². The fourth-order valence-electron chi connectivity index (χ4n) is 2.84. The first-order valence-electron chi connectivity index (χ1n) is 9.70. The Morgan fingerprint density at radius 1 is 1.32 bits per heavy atom. The highest BCUT2D eigenvalue weighted by atomic mass is 127. The van der Waals surface area contributed by atoms with Gasteiger partial charge in [-0.15, -0.1) is 24.0 Å². The van der Waals surface area contributed by atoms with Gasteiger partial charge in [-0.05, 0) is 37.5 Å². The van der Waals surface area contributed by atoms with E-state index in [0.717, 1.165) is 57.3 Å². The molecule has 158 valence electrons. The molecule has 1 aromatic rings. The van der Waals surface area contributed by atoms with Gasteiger partial charge in [-0.3, -0.25) is 9.79 Å². The average molecular weight is 504 g/mol. The van der Waals surface area contributed by atoms with Gasteiger partial charge in [0.15, 0.2) is 5.96 Å². The van der Waals surface area contributed by atoms with Gasteiger partial charge in [0.05, 0.1) is 13.2 Å². The first-order chi connectivity index (χ1) is 13.2. The van der Waals surface area contributed by atoms with E-state index in [2.05, 4.69) is 20.9 Å². The van der Waals surface area contributed by atoms with Crippen LogP contribution in [-0.4, -0.2) is 58.4 Å². The molecule has 1 aliphatic rings. The summed E-state index contributed by atoms with van der Waals surface area (Å²) >= 11 is 0. The molecule has 0 bridgehead atoms. The van der Waals surface area contributed by atoms with Gasteiger partial charge in [0, 0.05) is 51.4 Å². The highest BCUT2D eigenvalue weighted by molar-refractivity contribution is 14.0. The van der Waals surface area contributed by atoms with Crippen LogP contribution in [0.1, 0.15) is 35.7 Å². The summed E-state index contributed by atoms with van der Waals surface area (Å²) in [5.41, 5.74) is 1.70. The topological polar surface area (TPSA) is 84.0 Å². The van der Waals surface area contributed by atoms with E-state index in [0.29, 0.717) is 24.6 Å². The predicted octanol–water partition coefficient (Wildman–Crippen LogP) is 2.16. The van der Waals surface area contributed by atoms with E-state index in [1.807, 2.05) is 31.2 Å². The maximum atomic E-state index is 11.9. The zero-order valence-electron chi connectivity index (χ0n) is 16.8. The van der Waals surface area contributed by atoms with Crippen LogP contribution in [0.2, 0.25) is 0 Å². The minimum Gasteiger partial charge on any atom is -0.381 e. The minimum absolute atomic E-state index is 0. The van der Waals surface area contributed by atoms with Crippen LogP contribution in [-0.2, 0) is 16.0 Å². The fourth-order valence-corrected chi connectivity index (χ4v) is 2.84. The number of rotatable bonds is 10. The number of amides is 1. The van der Waals surface area contributed by atoms with Crippen molar-refractivity contribution in [3.8, 4) is 0 Å². The zero-order valence-corrected chi connectivity index (χ0v) is 19.2. The van der Waals surface area contributed by atoms with Gasteiger partial charge >= 0.3 is 0 Å². The summed E-state index contributed by atoms with van der Waals surface area (Å²) in [6.45, 7) is 7.14. The van der Waals surface area contributed by atoms with Crippen molar-refractivity contribution in [1.82, 2.24) is 16.0 Å². The van der Waals surface area contributed by atoms with Gasteiger partial charge < -0.3 is 25.4 Å². The standard InChI is InChI=1S/C20H32N4O3.HI/c1-3-22-19(25)18-7-4-6-16(12-18)13-24-20(21-2)23-9-5-10-26-14-17-8-11-27-15-17;/h4,6-7,12,17H,3,5,8-11,13-15H2,1-2H3,(H,22,25)(H2,21,23,24);1H. The Balaban J connectivity index is 0.00000392. The third-order valence-corrected chi connectivity index (χ3v) is 4.35. The second-order valence-corrected chi connectivity index (χ2v) is 6.57. The van der Waals surface area contributed by atoms with E-state index in [4.69, 9.17) is 9.47 Å². The number of guanidine groups is 1. The number of nitrogens with one attached hydrogen (secondary N) is 3. The maximum Gasteiger partial charge on any atom is 0.251 e. The summed E-state index contributed by atoms with van der Waals surface area (Å²) in [5, 5.41) is 9.36. The number of aliphatic imine (C=N–C) groups is 1. The molecule has 1 aliphatic heterocycles. The second kappa shape index (κ2) is 14.6. The van der Waals surface area contributed by atoms with Crippen LogP contribution in [0.4, 0.5) is 0 Å². The summed E-state index contributed by atoms with van der Waals surface area (Å²) in [6, 6.07) is 7.60. The summed E-state index contributed by atoms with van der Waals surface area (Å²) in [4.78, 5) is 16.1. The normalized spacial score (nSPS) is 16.4. The molecular weight excluding hydrogens is 471 g/mol. The van der Waals surface area contributed by atoms with Gasteiger partial charge in [-0.25, -0.2) is 0 Å². The maximum absolute atomic E-state index is 11.9.